The Labute approximate surface area is 236 Å². The molecule has 2 aromatic carbocycles. The first kappa shape index (κ1) is 28.3. The average molecular weight is 581 g/mol. The van der Waals surface area contributed by atoms with E-state index in [9.17, 15) is 19.2 Å². The molecule has 0 saturated heterocycles. The molecule has 13 nitrogen and oxygen atoms in total. The number of aromatic nitrogens is 4. The molecular weight excluding hydrogens is 556 g/mol. The number of carbonyl (C=O) groups is 4. The molecule has 40 heavy (non-hydrogen) atoms. The van der Waals surface area contributed by atoms with Crippen molar-refractivity contribution >= 4 is 51.9 Å². The van der Waals surface area contributed by atoms with Gasteiger partial charge in [-0.15, -0.1) is 21.5 Å². The summed E-state index contributed by atoms with van der Waals surface area (Å²) in [5.41, 5.74) is 8.92. The van der Waals surface area contributed by atoms with Crippen LogP contribution in [0.15, 0.2) is 71.2 Å². The summed E-state index contributed by atoms with van der Waals surface area (Å²) in [5.74, 6) is -2.02. The number of anilines is 1. The lowest BCUT2D eigenvalue weighted by atomic mass is 10.2. The van der Waals surface area contributed by atoms with Crippen LogP contribution in [0.4, 0.5) is 5.13 Å². The fraction of sp³-hybridized carbons (Fsp3) is 0.160. The van der Waals surface area contributed by atoms with Crippen molar-refractivity contribution in [2.24, 2.45) is 0 Å². The fourth-order valence-corrected chi connectivity index (χ4v) is 4.69. The zero-order valence-corrected chi connectivity index (χ0v) is 22.5. The van der Waals surface area contributed by atoms with Crippen LogP contribution < -0.4 is 21.6 Å². The Morgan fingerprint density at radius 2 is 1.57 bits per heavy atom. The monoisotopic (exact) mass is 580 g/mol. The van der Waals surface area contributed by atoms with Gasteiger partial charge in [-0.05, 0) is 24.3 Å². The predicted molar refractivity (Wildman–Crippen MR) is 149 cm³/mol. The van der Waals surface area contributed by atoms with E-state index < -0.39 is 23.7 Å². The second-order valence-corrected chi connectivity index (χ2v) is 9.89. The summed E-state index contributed by atoms with van der Waals surface area (Å²) in [4.78, 5) is 52.6. The molecule has 0 unspecified atom stereocenters. The number of carboxylic acids is 1. The third kappa shape index (κ3) is 8.12. The average Bonchev–Trinajstić information content (AvgIpc) is 3.57. The van der Waals surface area contributed by atoms with Gasteiger partial charge in [0.25, 0.3) is 11.8 Å². The molecule has 0 fully saturated rings. The van der Waals surface area contributed by atoms with Crippen LogP contribution in [0.1, 0.15) is 38.7 Å². The molecular formula is C25H24N8O5S2. The summed E-state index contributed by atoms with van der Waals surface area (Å²) < 4.78 is 1.40. The van der Waals surface area contributed by atoms with Gasteiger partial charge in [0.05, 0.1) is 24.3 Å². The maximum atomic E-state index is 12.9. The van der Waals surface area contributed by atoms with Crippen LogP contribution in [0, 0.1) is 0 Å². The van der Waals surface area contributed by atoms with Crippen molar-refractivity contribution in [3.05, 3.63) is 88.7 Å². The van der Waals surface area contributed by atoms with Gasteiger partial charge in [-0.3, -0.25) is 35.5 Å². The van der Waals surface area contributed by atoms with Gasteiger partial charge in [-0.1, -0.05) is 48.2 Å². The summed E-state index contributed by atoms with van der Waals surface area (Å²) >= 11 is 2.33. The number of thiazole rings is 1. The van der Waals surface area contributed by atoms with Gasteiger partial charge < -0.3 is 10.4 Å². The predicted octanol–water partition coefficient (Wildman–Crippen LogP) is 2.15. The van der Waals surface area contributed by atoms with Crippen molar-refractivity contribution in [3.8, 4) is 0 Å². The Kier molecular flexibility index (Phi) is 9.79. The SMILES string of the molecule is O=C(O)CCNc1nc(Cc2nnc(SCC(=O)NNC(=O)c3ccccc3)n2NC(=O)c2ccccc2)cs1. The number of aliphatic carboxylic acids is 1. The van der Waals surface area contributed by atoms with Crippen molar-refractivity contribution in [1.29, 1.82) is 0 Å². The largest absolute Gasteiger partial charge is 0.481 e. The third-order valence-corrected chi connectivity index (χ3v) is 6.92. The molecule has 5 N–H and O–H groups in total. The van der Waals surface area contributed by atoms with Crippen LogP contribution in [0.2, 0.25) is 0 Å². The van der Waals surface area contributed by atoms with E-state index in [0.29, 0.717) is 27.8 Å². The second-order valence-electron chi connectivity index (χ2n) is 8.09. The number of nitrogens with one attached hydrogen (secondary N) is 4. The quantitative estimate of drug-likeness (QED) is 0.123. The first-order chi connectivity index (χ1) is 19.4. The van der Waals surface area contributed by atoms with E-state index in [1.165, 1.54) is 16.0 Å². The van der Waals surface area contributed by atoms with Crippen LogP contribution in [-0.4, -0.2) is 61.0 Å². The Bertz CT molecular complexity index is 1480. The molecule has 0 atom stereocenters. The Balaban J connectivity index is 1.42. The first-order valence-electron chi connectivity index (χ1n) is 11.9. The number of hydrazine groups is 1. The van der Waals surface area contributed by atoms with E-state index in [1.54, 1.807) is 66.0 Å². The van der Waals surface area contributed by atoms with E-state index in [0.717, 1.165) is 11.8 Å². The van der Waals surface area contributed by atoms with E-state index in [1.807, 2.05) is 0 Å². The smallest absolute Gasteiger partial charge is 0.305 e. The number of thioether (sulfide) groups is 1. The summed E-state index contributed by atoms with van der Waals surface area (Å²) in [6, 6.07) is 17.0. The highest BCUT2D eigenvalue weighted by Crippen LogP contribution is 2.21. The normalized spacial score (nSPS) is 10.5. The number of carboxylic acid groups (broad SMARTS) is 1. The summed E-state index contributed by atoms with van der Waals surface area (Å²) in [7, 11) is 0. The summed E-state index contributed by atoms with van der Waals surface area (Å²) in [6.07, 6.45) is 0.165. The highest BCUT2D eigenvalue weighted by atomic mass is 32.2. The molecule has 0 bridgehead atoms. The first-order valence-corrected chi connectivity index (χ1v) is 13.7. The van der Waals surface area contributed by atoms with Crippen LogP contribution in [-0.2, 0) is 16.0 Å². The lowest BCUT2D eigenvalue weighted by Crippen LogP contribution is -2.42. The lowest BCUT2D eigenvalue weighted by Gasteiger charge is -2.11. The number of hydrogen-bond donors (Lipinski definition) is 5. The maximum Gasteiger partial charge on any atom is 0.305 e. The van der Waals surface area contributed by atoms with E-state index >= 15 is 0 Å². The lowest BCUT2D eigenvalue weighted by molar-refractivity contribution is -0.136. The van der Waals surface area contributed by atoms with Gasteiger partial charge in [0.2, 0.25) is 11.1 Å². The molecule has 2 heterocycles. The fourth-order valence-electron chi connectivity index (χ4n) is 3.24. The molecule has 0 spiro atoms. The van der Waals surface area contributed by atoms with Crippen LogP contribution in [0.3, 0.4) is 0 Å². The van der Waals surface area contributed by atoms with Gasteiger partial charge in [0.1, 0.15) is 0 Å². The molecule has 0 aliphatic rings. The zero-order valence-electron chi connectivity index (χ0n) is 20.9. The molecule has 0 saturated carbocycles. The Hall–Kier alpha value is -4.76. The van der Waals surface area contributed by atoms with Crippen LogP contribution in [0.5, 0.6) is 0 Å². The minimum absolute atomic E-state index is 0.0428. The number of nitrogens with zero attached hydrogens (tertiary/aromatic N) is 4. The minimum Gasteiger partial charge on any atom is -0.481 e. The van der Waals surface area contributed by atoms with E-state index in [4.69, 9.17) is 5.11 Å². The second kappa shape index (κ2) is 13.9. The molecule has 206 valence electrons. The van der Waals surface area contributed by atoms with Gasteiger partial charge >= 0.3 is 5.97 Å². The number of hydrogen-bond acceptors (Lipinski definition) is 10. The molecule has 3 amide bonds. The molecule has 4 aromatic rings. The van der Waals surface area contributed by atoms with Crippen molar-refractivity contribution in [1.82, 2.24) is 30.7 Å². The molecule has 15 heteroatoms. The zero-order chi connectivity index (χ0) is 28.3. The van der Waals surface area contributed by atoms with E-state index in [2.05, 4.69) is 36.8 Å². The van der Waals surface area contributed by atoms with Crippen LogP contribution >= 0.6 is 23.1 Å². The summed E-state index contributed by atoms with van der Waals surface area (Å²) in [6.45, 7) is 0.236. The van der Waals surface area contributed by atoms with Crippen molar-refractivity contribution < 1.29 is 24.3 Å². The van der Waals surface area contributed by atoms with E-state index in [-0.39, 0.29) is 30.3 Å². The van der Waals surface area contributed by atoms with Crippen LogP contribution in [0.25, 0.3) is 0 Å². The van der Waals surface area contributed by atoms with Gasteiger partial charge in [-0.25, -0.2) is 9.66 Å². The molecule has 0 radical (unpaired) electrons. The van der Waals surface area contributed by atoms with Crippen molar-refractivity contribution in [3.63, 3.8) is 0 Å². The molecule has 0 aliphatic heterocycles. The number of carbonyl (C=O) groups excluding carboxylic acids is 3. The van der Waals surface area contributed by atoms with Gasteiger partial charge in [-0.2, -0.15) is 0 Å². The third-order valence-electron chi connectivity index (χ3n) is 5.14. The highest BCUT2D eigenvalue weighted by Gasteiger charge is 2.19. The highest BCUT2D eigenvalue weighted by molar-refractivity contribution is 7.99. The number of rotatable bonds is 12. The molecule has 4 rings (SSSR count). The topological polar surface area (TPSA) is 180 Å². The van der Waals surface area contributed by atoms with Crippen molar-refractivity contribution in [2.45, 2.75) is 18.0 Å². The maximum absolute atomic E-state index is 12.9. The summed E-state index contributed by atoms with van der Waals surface area (Å²) in [5, 5.41) is 22.7. The molecule has 0 aliphatic carbocycles. The number of amides is 3. The number of benzene rings is 2. The van der Waals surface area contributed by atoms with Gasteiger partial charge in [0, 0.05) is 23.1 Å². The van der Waals surface area contributed by atoms with Crippen molar-refractivity contribution in [2.75, 3.05) is 23.0 Å². The minimum atomic E-state index is -0.913. The van der Waals surface area contributed by atoms with Gasteiger partial charge in [0.15, 0.2) is 11.0 Å². The Morgan fingerprint density at radius 3 is 2.25 bits per heavy atom. The Morgan fingerprint density at radius 1 is 0.900 bits per heavy atom. The standard InChI is InChI=1S/C25H24N8O5S2/c34-20(29-30-22(37)16-7-3-1-4-8-16)15-40-25-31-28-19(33(25)32-23(38)17-9-5-2-6-10-17)13-18-14-39-24(27-18)26-12-11-21(35)36/h1-10,14H,11-13,15H2,(H,26,27)(H,29,34)(H,30,37)(H,32,38)(H,35,36). The molecule has 2 aromatic heterocycles.